The highest BCUT2D eigenvalue weighted by atomic mass is 16.4. The van der Waals surface area contributed by atoms with Crippen molar-refractivity contribution in [3.8, 4) is 0 Å². The Morgan fingerprint density at radius 1 is 1.41 bits per heavy atom. The average Bonchev–Trinajstić information content (AvgIpc) is 2.65. The van der Waals surface area contributed by atoms with Crippen LogP contribution in [-0.4, -0.2) is 29.1 Å². The van der Waals surface area contributed by atoms with E-state index in [9.17, 15) is 9.59 Å². The molecular formula is C12H22N2O3. The molecule has 0 aromatic carbocycles. The van der Waals surface area contributed by atoms with Crippen molar-refractivity contribution in [2.24, 2.45) is 11.7 Å². The smallest absolute Gasteiger partial charge is 0.305 e. The molecule has 0 aliphatic heterocycles. The Morgan fingerprint density at radius 2 is 2.00 bits per heavy atom. The Hall–Kier alpha value is -1.10. The fourth-order valence-corrected chi connectivity index (χ4v) is 2.45. The van der Waals surface area contributed by atoms with Crippen LogP contribution in [0.5, 0.6) is 0 Å². The maximum absolute atomic E-state index is 11.9. The summed E-state index contributed by atoms with van der Waals surface area (Å²) >= 11 is 0. The molecule has 1 saturated carbocycles. The highest BCUT2D eigenvalue weighted by Crippen LogP contribution is 2.33. The molecule has 1 fully saturated rings. The van der Waals surface area contributed by atoms with Crippen molar-refractivity contribution in [2.45, 2.75) is 51.0 Å². The van der Waals surface area contributed by atoms with Crippen LogP contribution in [-0.2, 0) is 9.59 Å². The van der Waals surface area contributed by atoms with Crippen LogP contribution in [0.2, 0.25) is 0 Å². The van der Waals surface area contributed by atoms with Gasteiger partial charge in [0.15, 0.2) is 0 Å². The lowest BCUT2D eigenvalue weighted by Gasteiger charge is -2.30. The average molecular weight is 242 g/mol. The lowest BCUT2D eigenvalue weighted by atomic mass is 9.92. The van der Waals surface area contributed by atoms with Crippen LogP contribution in [0, 0.1) is 5.92 Å². The molecule has 1 rings (SSSR count). The van der Waals surface area contributed by atoms with Gasteiger partial charge in [-0.3, -0.25) is 9.59 Å². The topological polar surface area (TPSA) is 92.4 Å². The fourth-order valence-electron chi connectivity index (χ4n) is 2.45. The molecule has 0 spiro atoms. The second-order valence-electron chi connectivity index (χ2n) is 5.03. The number of rotatable bonds is 6. The molecule has 0 bridgehead atoms. The third-order valence-corrected chi connectivity index (χ3v) is 3.49. The lowest BCUT2D eigenvalue weighted by Crippen LogP contribution is -2.49. The monoisotopic (exact) mass is 242 g/mol. The van der Waals surface area contributed by atoms with E-state index in [2.05, 4.69) is 5.32 Å². The number of hydrogen-bond acceptors (Lipinski definition) is 3. The van der Waals surface area contributed by atoms with Crippen LogP contribution in [0.15, 0.2) is 0 Å². The predicted molar refractivity (Wildman–Crippen MR) is 64.4 cm³/mol. The number of hydrogen-bond donors (Lipinski definition) is 3. The second kappa shape index (κ2) is 6.00. The van der Waals surface area contributed by atoms with E-state index < -0.39 is 11.5 Å². The predicted octanol–water partition coefficient (Wildman–Crippen LogP) is 0.875. The van der Waals surface area contributed by atoms with E-state index in [1.807, 2.05) is 6.92 Å². The first kappa shape index (κ1) is 14.0. The number of carbonyl (C=O) groups is 2. The Labute approximate surface area is 102 Å². The van der Waals surface area contributed by atoms with E-state index in [-0.39, 0.29) is 18.2 Å². The zero-order valence-corrected chi connectivity index (χ0v) is 10.4. The minimum atomic E-state index is -0.848. The van der Waals surface area contributed by atoms with Gasteiger partial charge < -0.3 is 16.2 Å². The fraction of sp³-hybridized carbons (Fsp3) is 0.833. The lowest BCUT2D eigenvalue weighted by molar-refractivity contribution is -0.139. The van der Waals surface area contributed by atoms with Gasteiger partial charge in [-0.1, -0.05) is 19.8 Å². The summed E-state index contributed by atoms with van der Waals surface area (Å²) < 4.78 is 0. The van der Waals surface area contributed by atoms with Gasteiger partial charge in [0.25, 0.3) is 0 Å². The van der Waals surface area contributed by atoms with Crippen LogP contribution in [0.4, 0.5) is 0 Å². The Bertz CT molecular complexity index is 285. The number of carboxylic acids is 1. The van der Waals surface area contributed by atoms with E-state index in [1.54, 1.807) is 0 Å². The van der Waals surface area contributed by atoms with Gasteiger partial charge in [-0.05, 0) is 25.8 Å². The highest BCUT2D eigenvalue weighted by molar-refractivity contribution is 5.80. The summed E-state index contributed by atoms with van der Waals surface area (Å²) in [6.45, 7) is 2.30. The van der Waals surface area contributed by atoms with E-state index >= 15 is 0 Å². The van der Waals surface area contributed by atoms with Crippen LogP contribution in [0.3, 0.4) is 0 Å². The summed E-state index contributed by atoms with van der Waals surface area (Å²) in [5.74, 6) is -1.07. The molecule has 0 aromatic rings. The number of amides is 1. The van der Waals surface area contributed by atoms with Crippen LogP contribution in [0.25, 0.3) is 0 Å². The van der Waals surface area contributed by atoms with Crippen LogP contribution >= 0.6 is 0 Å². The maximum atomic E-state index is 11.9. The van der Waals surface area contributed by atoms with Crippen molar-refractivity contribution in [2.75, 3.05) is 6.54 Å². The van der Waals surface area contributed by atoms with Crippen molar-refractivity contribution in [1.82, 2.24) is 5.32 Å². The van der Waals surface area contributed by atoms with E-state index in [4.69, 9.17) is 10.8 Å². The molecule has 0 heterocycles. The van der Waals surface area contributed by atoms with Crippen molar-refractivity contribution in [3.63, 3.8) is 0 Å². The van der Waals surface area contributed by atoms with Gasteiger partial charge in [-0.15, -0.1) is 0 Å². The van der Waals surface area contributed by atoms with Crippen molar-refractivity contribution in [3.05, 3.63) is 0 Å². The third-order valence-electron chi connectivity index (χ3n) is 3.49. The molecule has 1 atom stereocenters. The second-order valence-corrected chi connectivity index (χ2v) is 5.03. The molecule has 17 heavy (non-hydrogen) atoms. The minimum Gasteiger partial charge on any atom is -0.481 e. The Kier molecular flexibility index (Phi) is 4.93. The zero-order valence-electron chi connectivity index (χ0n) is 10.4. The van der Waals surface area contributed by atoms with Gasteiger partial charge in [0, 0.05) is 5.92 Å². The van der Waals surface area contributed by atoms with Gasteiger partial charge in [0.2, 0.25) is 5.91 Å². The molecule has 0 aromatic heterocycles. The number of carboxylic acid groups (broad SMARTS) is 1. The minimum absolute atomic E-state index is 0.0219. The molecule has 0 radical (unpaired) electrons. The first-order valence-electron chi connectivity index (χ1n) is 6.23. The summed E-state index contributed by atoms with van der Waals surface area (Å²) in [7, 11) is 0. The first-order chi connectivity index (χ1) is 7.99. The Balaban J connectivity index is 2.60. The molecule has 4 N–H and O–H groups in total. The molecule has 1 aliphatic carbocycles. The van der Waals surface area contributed by atoms with E-state index in [0.29, 0.717) is 13.0 Å². The molecule has 1 unspecified atom stereocenters. The zero-order chi connectivity index (χ0) is 12.9. The van der Waals surface area contributed by atoms with Gasteiger partial charge in [-0.25, -0.2) is 0 Å². The van der Waals surface area contributed by atoms with Gasteiger partial charge in [-0.2, -0.15) is 0 Å². The van der Waals surface area contributed by atoms with Crippen LogP contribution in [0.1, 0.15) is 45.4 Å². The van der Waals surface area contributed by atoms with Gasteiger partial charge in [0.1, 0.15) is 0 Å². The molecule has 5 nitrogen and oxygen atoms in total. The molecule has 5 heteroatoms. The largest absolute Gasteiger partial charge is 0.481 e. The van der Waals surface area contributed by atoms with E-state index in [1.165, 1.54) is 0 Å². The highest BCUT2D eigenvalue weighted by Gasteiger charge is 2.38. The normalized spacial score (nSPS) is 19.9. The summed E-state index contributed by atoms with van der Waals surface area (Å²) in [6.07, 6.45) is 4.15. The summed E-state index contributed by atoms with van der Waals surface area (Å²) in [4.78, 5) is 22.8. The summed E-state index contributed by atoms with van der Waals surface area (Å²) in [6, 6.07) is 0. The number of aliphatic carboxylic acids is 1. The molecule has 0 saturated heterocycles. The molecular weight excluding hydrogens is 220 g/mol. The van der Waals surface area contributed by atoms with Crippen molar-refractivity contribution >= 4 is 11.9 Å². The summed E-state index contributed by atoms with van der Waals surface area (Å²) in [5, 5.41) is 11.9. The van der Waals surface area contributed by atoms with Gasteiger partial charge in [0.05, 0.1) is 12.0 Å². The van der Waals surface area contributed by atoms with E-state index in [0.717, 1.165) is 25.7 Å². The SMILES string of the molecule is CC(CCN)C(=O)NC1(CC(=O)O)CCCC1. The third kappa shape index (κ3) is 4.00. The number of carbonyl (C=O) groups excluding carboxylic acids is 1. The number of nitrogens with two attached hydrogens (primary N) is 1. The maximum Gasteiger partial charge on any atom is 0.305 e. The van der Waals surface area contributed by atoms with Crippen molar-refractivity contribution < 1.29 is 14.7 Å². The quantitative estimate of drug-likeness (QED) is 0.644. The first-order valence-corrected chi connectivity index (χ1v) is 6.23. The van der Waals surface area contributed by atoms with Crippen molar-refractivity contribution in [1.29, 1.82) is 0 Å². The number of nitrogens with one attached hydrogen (secondary N) is 1. The molecule has 1 amide bonds. The molecule has 1 aliphatic rings. The molecule has 98 valence electrons. The standard InChI is InChI=1S/C12H22N2O3/c1-9(4-7-13)11(17)14-12(8-10(15)16)5-2-3-6-12/h9H,2-8,13H2,1H3,(H,14,17)(H,15,16). The Morgan fingerprint density at radius 3 is 2.47 bits per heavy atom. The van der Waals surface area contributed by atoms with Gasteiger partial charge >= 0.3 is 5.97 Å². The van der Waals surface area contributed by atoms with Crippen LogP contribution < -0.4 is 11.1 Å². The summed E-state index contributed by atoms with van der Waals surface area (Å²) in [5.41, 5.74) is 4.89.